The van der Waals surface area contributed by atoms with Gasteiger partial charge in [0, 0.05) is 26.2 Å². The Kier molecular flexibility index (Phi) is 3.71. The van der Waals surface area contributed by atoms with Crippen molar-refractivity contribution >= 4 is 0 Å². The number of piperazine rings is 1. The summed E-state index contributed by atoms with van der Waals surface area (Å²) in [6.07, 6.45) is 8.55. The predicted octanol–water partition coefficient (Wildman–Crippen LogP) is 1.67. The van der Waals surface area contributed by atoms with Crippen molar-refractivity contribution in [1.82, 2.24) is 9.80 Å². The van der Waals surface area contributed by atoms with Crippen molar-refractivity contribution in [2.75, 3.05) is 26.2 Å². The van der Waals surface area contributed by atoms with E-state index < -0.39 is 0 Å². The van der Waals surface area contributed by atoms with Crippen LogP contribution >= 0.6 is 0 Å². The number of nitrogens with zero attached hydrogens (tertiary/aromatic N) is 2. The lowest BCUT2D eigenvalue weighted by Crippen LogP contribution is -2.41. The highest BCUT2D eigenvalue weighted by Crippen LogP contribution is 2.02. The Morgan fingerprint density at radius 3 is 1.33 bits per heavy atom. The second-order valence-electron chi connectivity index (χ2n) is 3.04. The third kappa shape index (κ3) is 2.61. The molecule has 1 aliphatic rings. The van der Waals surface area contributed by atoms with E-state index in [0.29, 0.717) is 0 Å². The number of allylic oxidation sites excluding steroid dienone is 2. The van der Waals surface area contributed by atoms with Crippen LogP contribution in [-0.4, -0.2) is 36.0 Å². The molecule has 0 aromatic heterocycles. The molecule has 0 saturated carbocycles. The quantitative estimate of drug-likeness (QED) is 0.615. The summed E-state index contributed by atoms with van der Waals surface area (Å²) >= 11 is 0. The molecule has 0 radical (unpaired) electrons. The molecular formula is C10H18N2. The molecule has 0 atom stereocenters. The van der Waals surface area contributed by atoms with Gasteiger partial charge in [-0.25, -0.2) is 0 Å². The van der Waals surface area contributed by atoms with Gasteiger partial charge in [-0.1, -0.05) is 12.2 Å². The molecule has 68 valence electrons. The lowest BCUT2D eigenvalue weighted by atomic mass is 10.3. The minimum Gasteiger partial charge on any atom is -0.374 e. The summed E-state index contributed by atoms with van der Waals surface area (Å²) in [6, 6.07) is 0. The van der Waals surface area contributed by atoms with Gasteiger partial charge >= 0.3 is 0 Å². The van der Waals surface area contributed by atoms with E-state index in [9.17, 15) is 0 Å². The molecule has 1 heterocycles. The van der Waals surface area contributed by atoms with Crippen molar-refractivity contribution in [2.45, 2.75) is 13.8 Å². The monoisotopic (exact) mass is 166 g/mol. The summed E-state index contributed by atoms with van der Waals surface area (Å²) in [6.45, 7) is 8.73. The molecule has 2 heteroatoms. The molecule has 0 aliphatic carbocycles. The summed E-state index contributed by atoms with van der Waals surface area (Å²) in [4.78, 5) is 4.72. The molecule has 0 N–H and O–H groups in total. The molecular weight excluding hydrogens is 148 g/mol. The largest absolute Gasteiger partial charge is 0.374 e. The fourth-order valence-electron chi connectivity index (χ4n) is 1.46. The number of rotatable bonds is 2. The molecule has 1 saturated heterocycles. The van der Waals surface area contributed by atoms with Crippen LogP contribution in [0.2, 0.25) is 0 Å². The van der Waals surface area contributed by atoms with Crippen molar-refractivity contribution < 1.29 is 0 Å². The van der Waals surface area contributed by atoms with E-state index in [1.165, 1.54) is 0 Å². The zero-order valence-electron chi connectivity index (χ0n) is 8.03. The Morgan fingerprint density at radius 2 is 1.08 bits per heavy atom. The van der Waals surface area contributed by atoms with Crippen LogP contribution < -0.4 is 0 Å². The van der Waals surface area contributed by atoms with Gasteiger partial charge in [0.25, 0.3) is 0 Å². The molecule has 1 aliphatic heterocycles. The normalized spacial score (nSPS) is 19.8. The van der Waals surface area contributed by atoms with E-state index in [1.54, 1.807) is 0 Å². The summed E-state index contributed by atoms with van der Waals surface area (Å²) in [5, 5.41) is 0. The molecule has 12 heavy (non-hydrogen) atoms. The van der Waals surface area contributed by atoms with Gasteiger partial charge < -0.3 is 9.80 Å². The first-order valence-electron chi connectivity index (χ1n) is 4.60. The van der Waals surface area contributed by atoms with E-state index in [4.69, 9.17) is 0 Å². The van der Waals surface area contributed by atoms with Crippen LogP contribution in [0.3, 0.4) is 0 Å². The first kappa shape index (κ1) is 9.17. The second-order valence-corrected chi connectivity index (χ2v) is 3.04. The van der Waals surface area contributed by atoms with Gasteiger partial charge in [-0.2, -0.15) is 0 Å². The van der Waals surface area contributed by atoms with Crippen molar-refractivity contribution in [1.29, 1.82) is 0 Å². The maximum atomic E-state index is 2.36. The first-order valence-corrected chi connectivity index (χ1v) is 4.60. The van der Waals surface area contributed by atoms with Crippen LogP contribution in [0.5, 0.6) is 0 Å². The summed E-state index contributed by atoms with van der Waals surface area (Å²) < 4.78 is 0. The van der Waals surface area contributed by atoms with Crippen LogP contribution in [-0.2, 0) is 0 Å². The van der Waals surface area contributed by atoms with Crippen LogP contribution in [0.4, 0.5) is 0 Å². The second kappa shape index (κ2) is 4.86. The van der Waals surface area contributed by atoms with Crippen molar-refractivity contribution in [3.8, 4) is 0 Å². The van der Waals surface area contributed by atoms with Gasteiger partial charge in [0.15, 0.2) is 0 Å². The molecule has 0 unspecified atom stereocenters. The molecule has 0 aromatic carbocycles. The van der Waals surface area contributed by atoms with Crippen molar-refractivity contribution in [3.63, 3.8) is 0 Å². The highest BCUT2D eigenvalue weighted by atomic mass is 15.2. The fraction of sp³-hybridized carbons (Fsp3) is 0.600. The van der Waals surface area contributed by atoms with Gasteiger partial charge in [-0.15, -0.1) is 0 Å². The summed E-state index contributed by atoms with van der Waals surface area (Å²) in [5.41, 5.74) is 0. The van der Waals surface area contributed by atoms with Gasteiger partial charge in [0.2, 0.25) is 0 Å². The smallest absolute Gasteiger partial charge is 0.0349 e. The van der Waals surface area contributed by atoms with E-state index in [-0.39, 0.29) is 0 Å². The van der Waals surface area contributed by atoms with Crippen LogP contribution in [0.15, 0.2) is 24.6 Å². The average Bonchev–Trinajstić information content (AvgIpc) is 2.09. The Bertz CT molecular complexity index is 145. The Balaban J connectivity index is 2.29. The molecule has 0 aromatic rings. The summed E-state index contributed by atoms with van der Waals surface area (Å²) in [5.74, 6) is 0. The number of hydrogen-bond acceptors (Lipinski definition) is 2. The highest BCUT2D eigenvalue weighted by molar-refractivity contribution is 4.87. The molecule has 0 bridgehead atoms. The van der Waals surface area contributed by atoms with Crippen LogP contribution in [0.25, 0.3) is 0 Å². The third-order valence-corrected chi connectivity index (χ3v) is 2.07. The van der Waals surface area contributed by atoms with Crippen LogP contribution in [0, 0.1) is 0 Å². The van der Waals surface area contributed by atoms with Gasteiger partial charge in [-0.05, 0) is 26.2 Å². The number of hydrogen-bond donors (Lipinski definition) is 0. The zero-order chi connectivity index (χ0) is 8.81. The molecule has 1 rings (SSSR count). The van der Waals surface area contributed by atoms with E-state index in [0.717, 1.165) is 26.2 Å². The fourth-order valence-corrected chi connectivity index (χ4v) is 1.46. The van der Waals surface area contributed by atoms with E-state index >= 15 is 0 Å². The van der Waals surface area contributed by atoms with Crippen molar-refractivity contribution in [3.05, 3.63) is 24.6 Å². The van der Waals surface area contributed by atoms with Gasteiger partial charge in [0.1, 0.15) is 0 Å². The minimum absolute atomic E-state index is 1.15. The molecule has 2 nitrogen and oxygen atoms in total. The standard InChI is InChI=1S/C10H18N2/c1-3-5-11-7-9-12(6-4-2)10-8-11/h3-6H,7-10H2,1-2H3. The van der Waals surface area contributed by atoms with E-state index in [1.807, 2.05) is 0 Å². The van der Waals surface area contributed by atoms with E-state index in [2.05, 4.69) is 48.2 Å². The molecule has 0 spiro atoms. The lowest BCUT2D eigenvalue weighted by Gasteiger charge is -2.33. The highest BCUT2D eigenvalue weighted by Gasteiger charge is 2.09. The maximum Gasteiger partial charge on any atom is 0.0349 e. The summed E-state index contributed by atoms with van der Waals surface area (Å²) in [7, 11) is 0. The average molecular weight is 166 g/mol. The topological polar surface area (TPSA) is 6.48 Å². The molecule has 0 amide bonds. The lowest BCUT2D eigenvalue weighted by molar-refractivity contribution is 0.218. The van der Waals surface area contributed by atoms with Gasteiger partial charge in [0.05, 0.1) is 0 Å². The predicted molar refractivity (Wildman–Crippen MR) is 52.8 cm³/mol. The third-order valence-electron chi connectivity index (χ3n) is 2.07. The van der Waals surface area contributed by atoms with Crippen molar-refractivity contribution in [2.24, 2.45) is 0 Å². The zero-order valence-corrected chi connectivity index (χ0v) is 8.03. The molecule has 1 fully saturated rings. The Morgan fingerprint density at radius 1 is 0.750 bits per heavy atom. The Hall–Kier alpha value is -0.920. The Labute approximate surface area is 75.2 Å². The maximum absolute atomic E-state index is 2.36. The first-order chi connectivity index (χ1) is 5.86. The van der Waals surface area contributed by atoms with Gasteiger partial charge in [-0.3, -0.25) is 0 Å². The minimum atomic E-state index is 1.15. The SMILES string of the molecule is CC=CN1CCN(C=CC)CC1. The van der Waals surface area contributed by atoms with Crippen LogP contribution in [0.1, 0.15) is 13.8 Å².